The number of benzene rings is 1. The van der Waals surface area contributed by atoms with Crippen molar-refractivity contribution in [2.24, 2.45) is 0 Å². The first-order valence-electron chi connectivity index (χ1n) is 9.29. The molecule has 1 aromatic carbocycles. The number of unbranched alkanes of at least 4 members (excludes halogenated alkanes) is 1. The van der Waals surface area contributed by atoms with Crippen LogP contribution >= 0.6 is 23.7 Å². The average Bonchev–Trinajstić information content (AvgIpc) is 3.15. The summed E-state index contributed by atoms with van der Waals surface area (Å²) < 4.78 is 5.57. The molecule has 3 rings (SSSR count). The van der Waals surface area contributed by atoms with Crippen LogP contribution in [-0.4, -0.2) is 36.7 Å². The Morgan fingerprint density at radius 3 is 2.63 bits per heavy atom. The molecular weight excluding hydrogens is 382 g/mol. The molecule has 148 valence electrons. The number of carbonyl (C=O) groups excluding carboxylic acids is 1. The molecule has 0 saturated carbocycles. The molecule has 2 heterocycles. The minimum absolute atomic E-state index is 0. The molecule has 2 N–H and O–H groups in total. The monoisotopic (exact) mass is 409 g/mol. The van der Waals surface area contributed by atoms with Crippen LogP contribution in [0.2, 0.25) is 0 Å². The maximum absolute atomic E-state index is 12.7. The summed E-state index contributed by atoms with van der Waals surface area (Å²) in [6, 6.07) is 8.54. The maximum Gasteiger partial charge on any atom is 0.258 e. The number of nitrogens with zero attached hydrogens (tertiary/aromatic N) is 1. The van der Waals surface area contributed by atoms with E-state index in [4.69, 9.17) is 4.74 Å². The van der Waals surface area contributed by atoms with Crippen LogP contribution in [0.4, 0.5) is 5.13 Å². The van der Waals surface area contributed by atoms with Crippen LogP contribution in [0.1, 0.15) is 38.2 Å². The molecule has 0 bridgehead atoms. The van der Waals surface area contributed by atoms with Crippen LogP contribution in [0, 0.1) is 0 Å². The number of halogens is 1. The lowest BCUT2D eigenvalue weighted by Crippen LogP contribution is -2.51. The van der Waals surface area contributed by atoms with E-state index in [1.165, 1.54) is 29.7 Å². The van der Waals surface area contributed by atoms with Crippen molar-refractivity contribution < 1.29 is 9.53 Å². The third-order valence-electron chi connectivity index (χ3n) is 5.01. The molecule has 0 radical (unpaired) electrons. The van der Waals surface area contributed by atoms with E-state index < -0.39 is 5.60 Å². The Hall–Kier alpha value is -1.47. The summed E-state index contributed by atoms with van der Waals surface area (Å²) in [5, 5.41) is 8.82. The maximum atomic E-state index is 12.7. The van der Waals surface area contributed by atoms with Crippen molar-refractivity contribution in [3.05, 3.63) is 35.2 Å². The number of hydrogen-bond acceptors (Lipinski definition) is 5. The van der Waals surface area contributed by atoms with Gasteiger partial charge in [0.2, 0.25) is 0 Å². The second-order valence-electron chi connectivity index (χ2n) is 6.74. The fraction of sp³-hybridized carbons (Fsp3) is 0.500. The summed E-state index contributed by atoms with van der Waals surface area (Å²) in [5.41, 5.74) is 2.57. The summed E-state index contributed by atoms with van der Waals surface area (Å²) in [5.74, 6) is -0.0997. The fourth-order valence-electron chi connectivity index (χ4n) is 3.25. The molecule has 1 aliphatic rings. The molecule has 0 spiro atoms. The Labute approximate surface area is 171 Å². The number of aromatic nitrogens is 1. The second kappa shape index (κ2) is 10.2. The normalized spacial score (nSPS) is 15.8. The Bertz CT molecular complexity index is 727. The van der Waals surface area contributed by atoms with E-state index in [9.17, 15) is 4.79 Å². The SMILES string of the molecule is CCCCc1ccc(-c2csc(NC(=O)C3(OC)CCNCC3)n2)cc1.Cl. The molecule has 27 heavy (non-hydrogen) atoms. The van der Waals surface area contributed by atoms with E-state index in [1.807, 2.05) is 5.38 Å². The highest BCUT2D eigenvalue weighted by Gasteiger charge is 2.40. The lowest BCUT2D eigenvalue weighted by molar-refractivity contribution is -0.140. The number of aryl methyl sites for hydroxylation is 1. The van der Waals surface area contributed by atoms with Crippen molar-refractivity contribution in [3.8, 4) is 11.3 Å². The molecule has 0 atom stereocenters. The zero-order chi connectivity index (χ0) is 18.4. The van der Waals surface area contributed by atoms with Gasteiger partial charge in [-0.2, -0.15) is 0 Å². The number of amides is 1. The van der Waals surface area contributed by atoms with Gasteiger partial charge in [0.25, 0.3) is 5.91 Å². The first kappa shape index (κ1) is 21.8. The van der Waals surface area contributed by atoms with Gasteiger partial charge >= 0.3 is 0 Å². The fourth-order valence-corrected chi connectivity index (χ4v) is 3.97. The van der Waals surface area contributed by atoms with E-state index in [-0.39, 0.29) is 18.3 Å². The van der Waals surface area contributed by atoms with Crippen molar-refractivity contribution in [3.63, 3.8) is 0 Å². The van der Waals surface area contributed by atoms with Gasteiger partial charge in [0, 0.05) is 18.1 Å². The van der Waals surface area contributed by atoms with Gasteiger partial charge < -0.3 is 10.1 Å². The molecule has 1 amide bonds. The minimum atomic E-state index is -0.752. The Morgan fingerprint density at radius 2 is 2.00 bits per heavy atom. The van der Waals surface area contributed by atoms with Crippen LogP contribution in [0.25, 0.3) is 11.3 Å². The van der Waals surface area contributed by atoms with Gasteiger partial charge in [0.15, 0.2) is 5.13 Å². The minimum Gasteiger partial charge on any atom is -0.368 e. The van der Waals surface area contributed by atoms with Gasteiger partial charge in [-0.25, -0.2) is 4.98 Å². The van der Waals surface area contributed by atoms with Gasteiger partial charge in [-0.3, -0.25) is 10.1 Å². The highest BCUT2D eigenvalue weighted by Crippen LogP contribution is 2.28. The Kier molecular flexibility index (Phi) is 8.23. The molecule has 0 unspecified atom stereocenters. The summed E-state index contributed by atoms with van der Waals surface area (Å²) in [6.45, 7) is 3.78. The highest BCUT2D eigenvalue weighted by atomic mass is 35.5. The molecular formula is C20H28ClN3O2S. The number of hydrogen-bond donors (Lipinski definition) is 2. The van der Waals surface area contributed by atoms with E-state index in [0.717, 1.165) is 30.8 Å². The molecule has 2 aromatic rings. The molecule has 7 heteroatoms. The predicted molar refractivity (Wildman–Crippen MR) is 114 cm³/mol. The molecule has 1 fully saturated rings. The van der Waals surface area contributed by atoms with E-state index >= 15 is 0 Å². The summed E-state index contributed by atoms with van der Waals surface area (Å²) in [4.78, 5) is 17.3. The standard InChI is InChI=1S/C20H27N3O2S.ClH/c1-3-4-5-15-6-8-16(9-7-15)17-14-26-19(22-17)23-18(24)20(25-2)10-12-21-13-11-20;/h6-9,14,21H,3-5,10-13H2,1-2H3,(H,22,23,24);1H. The van der Waals surface area contributed by atoms with Crippen molar-refractivity contribution in [1.29, 1.82) is 0 Å². The molecule has 0 aliphatic carbocycles. The van der Waals surface area contributed by atoms with Crippen LogP contribution in [0.15, 0.2) is 29.6 Å². The smallest absolute Gasteiger partial charge is 0.258 e. The quantitative estimate of drug-likeness (QED) is 0.716. The topological polar surface area (TPSA) is 63.2 Å². The van der Waals surface area contributed by atoms with E-state index in [0.29, 0.717) is 18.0 Å². The number of ether oxygens (including phenoxy) is 1. The highest BCUT2D eigenvalue weighted by molar-refractivity contribution is 7.14. The predicted octanol–water partition coefficient (Wildman–Crippen LogP) is 4.28. The zero-order valence-electron chi connectivity index (χ0n) is 15.9. The van der Waals surface area contributed by atoms with Crippen LogP contribution < -0.4 is 10.6 Å². The van der Waals surface area contributed by atoms with Gasteiger partial charge in [-0.05, 0) is 44.3 Å². The number of methoxy groups -OCH3 is 1. The molecule has 5 nitrogen and oxygen atoms in total. The lowest BCUT2D eigenvalue weighted by Gasteiger charge is -2.34. The van der Waals surface area contributed by atoms with Crippen LogP contribution in [-0.2, 0) is 16.0 Å². The number of anilines is 1. The van der Waals surface area contributed by atoms with Crippen molar-refractivity contribution >= 4 is 34.8 Å². The molecule has 1 aromatic heterocycles. The van der Waals surface area contributed by atoms with Gasteiger partial charge in [-0.15, -0.1) is 23.7 Å². The third kappa shape index (κ3) is 5.29. The van der Waals surface area contributed by atoms with Crippen molar-refractivity contribution in [1.82, 2.24) is 10.3 Å². The summed E-state index contributed by atoms with van der Waals surface area (Å²) in [6.07, 6.45) is 4.88. The zero-order valence-corrected chi connectivity index (χ0v) is 17.5. The number of rotatable bonds is 7. The van der Waals surface area contributed by atoms with Gasteiger partial charge in [-0.1, -0.05) is 37.6 Å². The summed E-state index contributed by atoms with van der Waals surface area (Å²) in [7, 11) is 1.61. The van der Waals surface area contributed by atoms with Gasteiger partial charge in [0.1, 0.15) is 5.60 Å². The molecule has 1 aliphatic heterocycles. The van der Waals surface area contributed by atoms with Crippen molar-refractivity contribution in [2.45, 2.75) is 44.6 Å². The number of piperidine rings is 1. The molecule has 1 saturated heterocycles. The van der Waals surface area contributed by atoms with Crippen LogP contribution in [0.5, 0.6) is 0 Å². The van der Waals surface area contributed by atoms with Crippen molar-refractivity contribution in [2.75, 3.05) is 25.5 Å². The van der Waals surface area contributed by atoms with Gasteiger partial charge in [0.05, 0.1) is 5.69 Å². The first-order chi connectivity index (χ1) is 12.7. The van der Waals surface area contributed by atoms with E-state index in [2.05, 4.69) is 46.8 Å². The van der Waals surface area contributed by atoms with E-state index in [1.54, 1.807) is 7.11 Å². The Balaban J connectivity index is 0.00000261. The summed E-state index contributed by atoms with van der Waals surface area (Å²) >= 11 is 1.45. The largest absolute Gasteiger partial charge is 0.368 e. The number of nitrogens with one attached hydrogen (secondary N) is 2. The number of thiazole rings is 1. The lowest BCUT2D eigenvalue weighted by atomic mass is 9.91. The second-order valence-corrected chi connectivity index (χ2v) is 7.60. The van der Waals surface area contributed by atoms with Crippen LogP contribution in [0.3, 0.4) is 0 Å². The third-order valence-corrected chi connectivity index (χ3v) is 5.77. The first-order valence-corrected chi connectivity index (χ1v) is 10.2. The average molecular weight is 410 g/mol. The Morgan fingerprint density at radius 1 is 1.30 bits per heavy atom. The number of carbonyl (C=O) groups is 1.